The maximum Gasteiger partial charge on any atom is 0.383 e. The van der Waals surface area contributed by atoms with Crippen LogP contribution in [0.4, 0.5) is 4.39 Å². The second kappa shape index (κ2) is 5.26. The Morgan fingerprint density at radius 1 is 1.27 bits per heavy atom. The summed E-state index contributed by atoms with van der Waals surface area (Å²) >= 11 is 0. The van der Waals surface area contributed by atoms with Gasteiger partial charge in [0.15, 0.2) is 0 Å². The monoisotopic (exact) mass is 230 g/mol. The van der Waals surface area contributed by atoms with Crippen molar-refractivity contribution in [2.45, 2.75) is 6.61 Å². The van der Waals surface area contributed by atoms with Gasteiger partial charge in [0, 0.05) is 0 Å². The van der Waals surface area contributed by atoms with Gasteiger partial charge in [-0.25, -0.2) is 4.79 Å². The molecule has 0 radical (unpaired) electrons. The summed E-state index contributed by atoms with van der Waals surface area (Å²) in [5.74, 6) is -1.48. The fraction of sp³-hybridized carbons (Fsp3) is 0.111. The highest BCUT2D eigenvalue weighted by Crippen LogP contribution is 2.00. The molecular formula is C9H7FO4S. The first-order chi connectivity index (χ1) is 7.11. The third-order valence-corrected chi connectivity index (χ3v) is 1.98. The Bertz CT molecular complexity index is 470. The Balaban J connectivity index is 2.60. The van der Waals surface area contributed by atoms with Crippen LogP contribution >= 0.6 is 0 Å². The highest BCUT2D eigenvalue weighted by Gasteiger charge is 2.13. The van der Waals surface area contributed by atoms with Gasteiger partial charge in [0.1, 0.15) is 6.61 Å². The van der Waals surface area contributed by atoms with E-state index in [9.17, 15) is 17.6 Å². The molecule has 6 heteroatoms. The topological polar surface area (TPSA) is 60.4 Å². The van der Waals surface area contributed by atoms with Crippen molar-refractivity contribution in [2.75, 3.05) is 0 Å². The summed E-state index contributed by atoms with van der Waals surface area (Å²) in [6.07, 6.45) is 0. The lowest BCUT2D eigenvalue weighted by Gasteiger charge is -2.00. The summed E-state index contributed by atoms with van der Waals surface area (Å²) in [5.41, 5.74) is 0.648. The number of hydrogen-bond donors (Lipinski definition) is 0. The van der Waals surface area contributed by atoms with E-state index in [1.54, 1.807) is 30.3 Å². The van der Waals surface area contributed by atoms with Gasteiger partial charge in [0.2, 0.25) is 0 Å². The van der Waals surface area contributed by atoms with Crippen LogP contribution in [0.2, 0.25) is 0 Å². The van der Waals surface area contributed by atoms with Crippen molar-refractivity contribution in [3.05, 3.63) is 35.9 Å². The van der Waals surface area contributed by atoms with Gasteiger partial charge in [-0.3, -0.25) is 0 Å². The zero-order valence-corrected chi connectivity index (χ0v) is 8.33. The number of rotatable bonds is 3. The SMILES string of the molecule is O=C(OCc1ccccc1)C(F)=S(=O)=O. The van der Waals surface area contributed by atoms with Gasteiger partial charge in [-0.05, 0) is 5.56 Å². The molecule has 1 aromatic carbocycles. The molecule has 1 aromatic rings. The number of esters is 1. The van der Waals surface area contributed by atoms with E-state index in [1.807, 2.05) is 0 Å². The van der Waals surface area contributed by atoms with Crippen molar-refractivity contribution in [3.63, 3.8) is 0 Å². The minimum atomic E-state index is -3.17. The third kappa shape index (κ3) is 3.51. The molecule has 0 amide bonds. The first kappa shape index (κ1) is 11.4. The maximum atomic E-state index is 12.5. The number of halogens is 1. The Labute approximate surface area is 86.8 Å². The molecule has 0 heterocycles. The van der Waals surface area contributed by atoms with Crippen LogP contribution in [-0.2, 0) is 26.4 Å². The summed E-state index contributed by atoms with van der Waals surface area (Å²) in [7, 11) is -3.17. The minimum absolute atomic E-state index is 0.162. The molecule has 1 rings (SSSR count). The molecule has 0 aromatic heterocycles. The third-order valence-electron chi connectivity index (χ3n) is 1.52. The van der Waals surface area contributed by atoms with Crippen molar-refractivity contribution >= 4 is 21.4 Å². The van der Waals surface area contributed by atoms with E-state index in [4.69, 9.17) is 0 Å². The Morgan fingerprint density at radius 3 is 2.40 bits per heavy atom. The first-order valence-electron chi connectivity index (χ1n) is 3.94. The second-order valence-electron chi connectivity index (χ2n) is 2.57. The molecule has 4 nitrogen and oxygen atoms in total. The van der Waals surface area contributed by atoms with Crippen LogP contribution in [-0.4, -0.2) is 19.5 Å². The van der Waals surface area contributed by atoms with E-state index >= 15 is 0 Å². The molecule has 0 saturated heterocycles. The van der Waals surface area contributed by atoms with Crippen molar-refractivity contribution in [1.82, 2.24) is 0 Å². The van der Waals surface area contributed by atoms with Crippen LogP contribution in [0.5, 0.6) is 0 Å². The first-order valence-corrected chi connectivity index (χ1v) is 5.01. The summed E-state index contributed by atoms with van der Waals surface area (Å²) in [6.45, 7) is -0.162. The molecule has 0 spiro atoms. The van der Waals surface area contributed by atoms with Crippen molar-refractivity contribution in [1.29, 1.82) is 0 Å². The van der Waals surface area contributed by atoms with E-state index < -0.39 is 21.4 Å². The Morgan fingerprint density at radius 2 is 1.87 bits per heavy atom. The summed E-state index contributed by atoms with van der Waals surface area (Å²) < 4.78 is 36.9. The number of hydrogen-bond acceptors (Lipinski definition) is 4. The zero-order valence-electron chi connectivity index (χ0n) is 7.51. The molecule has 0 atom stereocenters. The second-order valence-corrected chi connectivity index (χ2v) is 3.40. The fourth-order valence-corrected chi connectivity index (χ4v) is 1.04. The fourth-order valence-electron chi connectivity index (χ4n) is 0.848. The van der Waals surface area contributed by atoms with Crippen LogP contribution in [0.25, 0.3) is 0 Å². The summed E-state index contributed by atoms with van der Waals surface area (Å²) in [4.78, 5) is 10.7. The molecular weight excluding hydrogens is 223 g/mol. The van der Waals surface area contributed by atoms with Crippen molar-refractivity contribution < 1.29 is 22.3 Å². The van der Waals surface area contributed by atoms with Gasteiger partial charge in [0.05, 0.1) is 0 Å². The molecule has 0 unspecified atom stereocenters. The number of ether oxygens (including phenoxy) is 1. The lowest BCUT2D eigenvalue weighted by molar-refractivity contribution is -0.137. The van der Waals surface area contributed by atoms with Gasteiger partial charge in [-0.1, -0.05) is 30.3 Å². The van der Waals surface area contributed by atoms with Gasteiger partial charge in [-0.2, -0.15) is 12.8 Å². The summed E-state index contributed by atoms with van der Waals surface area (Å²) in [5, 5.41) is -1.81. The standard InChI is InChI=1S/C9H7FO4S/c10-8(15(12)13)9(11)14-6-7-4-2-1-3-5-7/h1-5H,6H2. The van der Waals surface area contributed by atoms with Crippen LogP contribution in [0.15, 0.2) is 30.3 Å². The van der Waals surface area contributed by atoms with E-state index in [0.29, 0.717) is 5.56 Å². The van der Waals surface area contributed by atoms with E-state index in [0.717, 1.165) is 0 Å². The normalized spacial score (nSPS) is 9.40. The van der Waals surface area contributed by atoms with Gasteiger partial charge in [-0.15, -0.1) is 0 Å². The number of carbonyl (C=O) groups is 1. The molecule has 0 aliphatic carbocycles. The zero-order chi connectivity index (χ0) is 11.3. The lowest BCUT2D eigenvalue weighted by atomic mass is 10.2. The molecule has 0 N–H and O–H groups in total. The molecule has 0 aliphatic heterocycles. The maximum absolute atomic E-state index is 12.5. The van der Waals surface area contributed by atoms with Gasteiger partial charge in [0.25, 0.3) is 10.3 Å². The average Bonchev–Trinajstić information content (AvgIpc) is 2.26. The minimum Gasteiger partial charge on any atom is -0.455 e. The highest BCUT2D eigenvalue weighted by atomic mass is 32.2. The van der Waals surface area contributed by atoms with Crippen LogP contribution in [0, 0.1) is 0 Å². The Hall–Kier alpha value is -1.69. The predicted molar refractivity (Wildman–Crippen MR) is 51.3 cm³/mol. The Kier molecular flexibility index (Phi) is 3.99. The molecule has 15 heavy (non-hydrogen) atoms. The van der Waals surface area contributed by atoms with Crippen LogP contribution < -0.4 is 0 Å². The van der Waals surface area contributed by atoms with Gasteiger partial charge < -0.3 is 4.74 Å². The van der Waals surface area contributed by atoms with E-state index in [-0.39, 0.29) is 6.61 Å². The smallest absolute Gasteiger partial charge is 0.383 e. The average molecular weight is 230 g/mol. The van der Waals surface area contributed by atoms with Crippen molar-refractivity contribution in [3.8, 4) is 0 Å². The van der Waals surface area contributed by atoms with E-state index in [2.05, 4.69) is 4.74 Å². The molecule has 0 saturated carbocycles. The van der Waals surface area contributed by atoms with Crippen molar-refractivity contribution in [2.24, 2.45) is 0 Å². The highest BCUT2D eigenvalue weighted by molar-refractivity contribution is 7.74. The number of carbonyl (C=O) groups excluding carboxylic acids is 1. The largest absolute Gasteiger partial charge is 0.455 e. The predicted octanol–water partition coefficient (Wildman–Crippen LogP) is 0.708. The number of benzene rings is 1. The van der Waals surface area contributed by atoms with Gasteiger partial charge >= 0.3 is 11.1 Å². The molecule has 0 aliphatic rings. The molecule has 80 valence electrons. The van der Waals surface area contributed by atoms with E-state index in [1.165, 1.54) is 0 Å². The summed E-state index contributed by atoms with van der Waals surface area (Å²) in [6, 6.07) is 8.54. The quantitative estimate of drug-likeness (QED) is 0.436. The molecule has 0 bridgehead atoms. The lowest BCUT2D eigenvalue weighted by Crippen LogP contribution is -2.13. The van der Waals surface area contributed by atoms with Crippen LogP contribution in [0.1, 0.15) is 5.56 Å². The van der Waals surface area contributed by atoms with Crippen LogP contribution in [0.3, 0.4) is 0 Å². The molecule has 0 fully saturated rings.